The molecule has 34 heavy (non-hydrogen) atoms. The quantitative estimate of drug-likeness (QED) is 0.422. The van der Waals surface area contributed by atoms with Gasteiger partial charge >= 0.3 is 11.5 Å². The van der Waals surface area contributed by atoms with Crippen LogP contribution in [-0.4, -0.2) is 51.1 Å². The van der Waals surface area contributed by atoms with E-state index in [-0.39, 0.29) is 11.8 Å². The van der Waals surface area contributed by atoms with Crippen LogP contribution in [0.5, 0.6) is 0 Å². The van der Waals surface area contributed by atoms with Crippen LogP contribution in [0.25, 0.3) is 0 Å². The van der Waals surface area contributed by atoms with Crippen molar-refractivity contribution < 1.29 is 31.3 Å². The number of carbonyl (C=O) groups excluding carboxylic acids is 1. The number of esters is 1. The summed E-state index contributed by atoms with van der Waals surface area (Å²) < 4.78 is 59.5. The van der Waals surface area contributed by atoms with Crippen molar-refractivity contribution in [3.63, 3.8) is 0 Å². The number of carbonyl (C=O) groups is 1. The van der Waals surface area contributed by atoms with Gasteiger partial charge in [0.1, 0.15) is 5.82 Å². The smallest absolute Gasteiger partial charge is 0.463 e. The van der Waals surface area contributed by atoms with E-state index in [9.17, 15) is 26.6 Å². The molecule has 2 N–H and O–H groups in total. The summed E-state index contributed by atoms with van der Waals surface area (Å²) in [7, 11) is -3.18. The van der Waals surface area contributed by atoms with Gasteiger partial charge in [0.15, 0.2) is 21.8 Å². The van der Waals surface area contributed by atoms with Gasteiger partial charge in [-0.25, -0.2) is 23.5 Å². The minimum atomic E-state index is -4.75. The summed E-state index contributed by atoms with van der Waals surface area (Å²) in [6.45, 7) is 3.53. The molecule has 1 unspecified atom stereocenters. The van der Waals surface area contributed by atoms with Crippen molar-refractivity contribution >= 4 is 50.1 Å². The average molecular weight is 585 g/mol. The Morgan fingerprint density at radius 1 is 1.38 bits per heavy atom. The maximum atomic E-state index is 12.1. The third kappa shape index (κ3) is 8.25. The Kier molecular flexibility index (Phi) is 10.8. The maximum absolute atomic E-state index is 12.1. The summed E-state index contributed by atoms with van der Waals surface area (Å²) in [6, 6.07) is 6.26. The number of ether oxygens (including phenoxy) is 1. The van der Waals surface area contributed by atoms with E-state index in [1.54, 1.807) is 29.7 Å². The minimum absolute atomic E-state index is 0.209. The first-order valence-electron chi connectivity index (χ1n) is 9.79. The van der Waals surface area contributed by atoms with Gasteiger partial charge in [0.05, 0.1) is 18.7 Å². The van der Waals surface area contributed by atoms with E-state index in [2.05, 4.69) is 35.9 Å². The number of nitrogens with two attached hydrogens (primary N) is 1. The first kappa shape index (κ1) is 28.1. The van der Waals surface area contributed by atoms with Crippen LogP contribution in [0, 0.1) is 5.82 Å². The van der Waals surface area contributed by atoms with E-state index < -0.39 is 16.5 Å². The number of aromatic nitrogens is 1. The molecule has 2 aliphatic rings. The van der Waals surface area contributed by atoms with Crippen molar-refractivity contribution in [2.24, 2.45) is 10.1 Å². The maximum Gasteiger partial charge on any atom is 0.485 e. The number of fused-ring (bicyclic) bond motifs is 1. The summed E-state index contributed by atoms with van der Waals surface area (Å²) in [5, 5.41) is 6.78. The third-order valence-electron chi connectivity index (χ3n) is 4.27. The lowest BCUT2D eigenvalue weighted by Crippen LogP contribution is -2.33. The van der Waals surface area contributed by atoms with Crippen molar-refractivity contribution in [2.75, 3.05) is 19.7 Å². The molecule has 0 saturated carbocycles. The topological polar surface area (TPSA) is 97.9 Å². The summed E-state index contributed by atoms with van der Waals surface area (Å²) in [6.07, 6.45) is 3.74. The van der Waals surface area contributed by atoms with Crippen LogP contribution in [0.3, 0.4) is 0 Å². The second kappa shape index (κ2) is 13.1. The van der Waals surface area contributed by atoms with Crippen LogP contribution in [0.1, 0.15) is 24.8 Å². The summed E-state index contributed by atoms with van der Waals surface area (Å²) in [5.74, 6) is 0.460. The predicted molar refractivity (Wildman–Crippen MR) is 126 cm³/mol. The van der Waals surface area contributed by atoms with E-state index in [0.29, 0.717) is 18.7 Å². The van der Waals surface area contributed by atoms with Gasteiger partial charge in [-0.2, -0.15) is 13.2 Å². The molecular weight excluding hydrogens is 564 g/mol. The van der Waals surface area contributed by atoms with Gasteiger partial charge in [0.2, 0.25) is 0 Å². The molecule has 1 atom stereocenters. The summed E-state index contributed by atoms with van der Waals surface area (Å²) >= 11 is 4.70. The van der Waals surface area contributed by atoms with E-state index in [1.807, 2.05) is 12.3 Å². The molecule has 14 heteroatoms. The number of benzene rings is 1. The Bertz CT molecular complexity index is 1050. The number of thiazole rings is 1. The molecule has 1 fully saturated rings. The van der Waals surface area contributed by atoms with Crippen molar-refractivity contribution in [2.45, 2.75) is 25.3 Å². The number of alkyl halides is 3. The lowest BCUT2D eigenvalue weighted by molar-refractivity contribution is -0.138. The van der Waals surface area contributed by atoms with Gasteiger partial charge in [-0.05, 0) is 38.0 Å². The monoisotopic (exact) mass is 584 g/mol. The molecule has 0 radical (unpaired) electrons. The molecule has 3 heterocycles. The number of rotatable bonds is 3. The number of hydrogen-bond acceptors (Lipinski definition) is 7. The first-order chi connectivity index (χ1) is 16.0. The highest BCUT2D eigenvalue weighted by Gasteiger charge is 2.34. The molecule has 0 bridgehead atoms. The zero-order valence-corrected chi connectivity index (χ0v) is 21.1. The molecule has 0 spiro atoms. The van der Waals surface area contributed by atoms with E-state index in [0.717, 1.165) is 40.4 Å². The van der Waals surface area contributed by atoms with Crippen molar-refractivity contribution in [1.29, 1.82) is 0 Å². The van der Waals surface area contributed by atoms with Crippen molar-refractivity contribution in [3.05, 3.63) is 62.4 Å². The first-order valence-corrected chi connectivity index (χ1v) is 12.7. The molecule has 7 nitrogen and oxygen atoms in total. The molecule has 0 amide bonds. The van der Waals surface area contributed by atoms with Gasteiger partial charge in [-0.3, -0.25) is 4.99 Å². The fourth-order valence-electron chi connectivity index (χ4n) is 2.93. The van der Waals surface area contributed by atoms with Gasteiger partial charge in [-0.1, -0.05) is 22.0 Å². The van der Waals surface area contributed by atoms with Crippen LogP contribution in [0.4, 0.5) is 17.6 Å². The van der Waals surface area contributed by atoms with Gasteiger partial charge in [-0.15, -0.1) is 11.3 Å². The number of nitrogens with zero attached hydrogens (tertiary/aromatic N) is 3. The Balaban J connectivity index is 0.000000225. The molecule has 1 saturated heterocycles. The van der Waals surface area contributed by atoms with E-state index in [4.69, 9.17) is 4.74 Å². The number of halogens is 5. The predicted octanol–water partition coefficient (Wildman–Crippen LogP) is 4.53. The van der Waals surface area contributed by atoms with Crippen LogP contribution >= 0.6 is 27.3 Å². The SMILES string of the molecule is CCOC(=O)C1=C2CCCN2C(c2nccs2)=NC1.Fc1cccc(Br)c1.NS(=O)C(F)(F)F. The van der Waals surface area contributed by atoms with Gasteiger partial charge in [0, 0.05) is 28.3 Å². The van der Waals surface area contributed by atoms with Crippen LogP contribution in [-0.2, 0) is 20.5 Å². The molecule has 1 aromatic carbocycles. The van der Waals surface area contributed by atoms with Crippen LogP contribution < -0.4 is 5.14 Å². The highest BCUT2D eigenvalue weighted by atomic mass is 79.9. The molecular formula is C20H21BrF4N4O3S2. The largest absolute Gasteiger partial charge is 0.485 e. The normalized spacial score (nSPS) is 15.9. The lowest BCUT2D eigenvalue weighted by Gasteiger charge is -2.26. The second-order valence-electron chi connectivity index (χ2n) is 6.56. The Labute approximate surface area is 208 Å². The summed E-state index contributed by atoms with van der Waals surface area (Å²) in [4.78, 5) is 22.9. The molecule has 0 aliphatic carbocycles. The van der Waals surface area contributed by atoms with Crippen molar-refractivity contribution in [3.8, 4) is 0 Å². The number of allylic oxidation sites excluding steroid dienone is 1. The number of amidine groups is 1. The van der Waals surface area contributed by atoms with E-state index >= 15 is 0 Å². The Morgan fingerprint density at radius 3 is 2.59 bits per heavy atom. The Hall–Kier alpha value is -2.16. The number of hydrogen-bond donors (Lipinski definition) is 1. The molecule has 4 rings (SSSR count). The van der Waals surface area contributed by atoms with Gasteiger partial charge in [0.25, 0.3) is 0 Å². The summed E-state index contributed by atoms with van der Waals surface area (Å²) in [5.41, 5.74) is -2.97. The highest BCUT2D eigenvalue weighted by molar-refractivity contribution is 9.10. The zero-order chi connectivity index (χ0) is 25.3. The molecule has 1 aromatic heterocycles. The van der Waals surface area contributed by atoms with Crippen LogP contribution in [0.15, 0.2) is 56.6 Å². The Morgan fingerprint density at radius 2 is 2.09 bits per heavy atom. The highest BCUT2D eigenvalue weighted by Crippen LogP contribution is 2.31. The number of aliphatic imine (C=N–C) groups is 1. The second-order valence-corrected chi connectivity index (χ2v) is 9.43. The van der Waals surface area contributed by atoms with Crippen LogP contribution in [0.2, 0.25) is 0 Å². The lowest BCUT2D eigenvalue weighted by atomic mass is 10.1. The fourth-order valence-corrected chi connectivity index (χ4v) is 3.95. The average Bonchev–Trinajstić information content (AvgIpc) is 3.46. The molecule has 2 aromatic rings. The van der Waals surface area contributed by atoms with E-state index in [1.165, 1.54) is 12.1 Å². The van der Waals surface area contributed by atoms with Gasteiger partial charge < -0.3 is 9.64 Å². The zero-order valence-electron chi connectivity index (χ0n) is 17.8. The molecule has 186 valence electrons. The minimum Gasteiger partial charge on any atom is -0.463 e. The molecule has 2 aliphatic heterocycles. The standard InChI is InChI=1S/C13H15N3O2S.C6H4BrF.CH2F3NOS/c1-2-18-13(17)9-8-15-11(12-14-5-7-19-12)16-6-3-4-10(9)16;7-5-2-1-3-6(8)4-5;2-1(3,4)7(5)6/h5,7H,2-4,6,8H2,1H3;1-4H;5H2. The fraction of sp³-hybridized carbons (Fsp3) is 0.350. The third-order valence-corrected chi connectivity index (χ3v) is 5.99. The van der Waals surface area contributed by atoms with Crippen molar-refractivity contribution in [1.82, 2.24) is 9.88 Å².